The summed E-state index contributed by atoms with van der Waals surface area (Å²) in [5, 5.41) is 8.65. The number of phosphoric acid groups is 1. The molecule has 0 aliphatic rings. The van der Waals surface area contributed by atoms with Crippen LogP contribution in [0.4, 0.5) is 0 Å². The number of aliphatic carboxylic acids is 1. The Morgan fingerprint density at radius 1 is 0.905 bits per heavy atom. The number of benzene rings is 2. The fraction of sp³-hybridized carbons (Fsp3) is 0.0714. The average Bonchev–Trinajstić information content (AvgIpc) is 2.47. The standard InChI is InChI=1S/C14H13O6P/c15-14(16)11-18-21(17,19-12-7-3-1-4-8-12)20-13-9-5-2-6-10-13/h1-10H,11H2,(H,15,16). The van der Waals surface area contributed by atoms with Gasteiger partial charge >= 0.3 is 13.8 Å². The van der Waals surface area contributed by atoms with Crippen LogP contribution >= 0.6 is 7.82 Å². The van der Waals surface area contributed by atoms with Crippen LogP contribution in [0.25, 0.3) is 0 Å². The summed E-state index contributed by atoms with van der Waals surface area (Å²) in [5.74, 6) is -0.771. The smallest absolute Gasteiger partial charge is 0.480 e. The lowest BCUT2D eigenvalue weighted by Crippen LogP contribution is -2.11. The zero-order valence-corrected chi connectivity index (χ0v) is 11.8. The number of carboxylic acid groups (broad SMARTS) is 1. The van der Waals surface area contributed by atoms with E-state index in [1.54, 1.807) is 60.7 Å². The van der Waals surface area contributed by atoms with Crippen LogP contribution in [0.1, 0.15) is 0 Å². The van der Waals surface area contributed by atoms with Gasteiger partial charge in [-0.2, -0.15) is 0 Å². The molecule has 0 spiro atoms. The highest BCUT2D eigenvalue weighted by molar-refractivity contribution is 7.49. The lowest BCUT2D eigenvalue weighted by molar-refractivity contribution is -0.139. The van der Waals surface area contributed by atoms with Crippen molar-refractivity contribution in [3.05, 3.63) is 60.7 Å². The third-order valence-corrected chi connectivity index (χ3v) is 3.58. The monoisotopic (exact) mass is 308 g/mol. The molecule has 0 heterocycles. The molecule has 1 N–H and O–H groups in total. The van der Waals surface area contributed by atoms with Gasteiger partial charge in [0.1, 0.15) is 11.5 Å². The number of phosphoric ester groups is 1. The number of hydrogen-bond acceptors (Lipinski definition) is 5. The molecule has 0 saturated heterocycles. The van der Waals surface area contributed by atoms with Crippen LogP contribution in [0.3, 0.4) is 0 Å². The van der Waals surface area contributed by atoms with Crippen molar-refractivity contribution in [1.29, 1.82) is 0 Å². The van der Waals surface area contributed by atoms with E-state index in [1.807, 2.05) is 0 Å². The Bertz CT molecular complexity index is 583. The summed E-state index contributed by atoms with van der Waals surface area (Å²) in [4.78, 5) is 10.6. The molecule has 21 heavy (non-hydrogen) atoms. The molecule has 0 aliphatic carbocycles. The van der Waals surface area contributed by atoms with Crippen LogP contribution in [0.5, 0.6) is 11.5 Å². The van der Waals surface area contributed by atoms with Crippen molar-refractivity contribution < 1.29 is 28.0 Å². The van der Waals surface area contributed by atoms with Crippen LogP contribution in [-0.4, -0.2) is 17.7 Å². The first kappa shape index (κ1) is 15.1. The number of hydrogen-bond donors (Lipinski definition) is 1. The van der Waals surface area contributed by atoms with E-state index in [9.17, 15) is 9.36 Å². The highest BCUT2D eigenvalue weighted by atomic mass is 31.2. The van der Waals surface area contributed by atoms with E-state index in [0.29, 0.717) is 0 Å². The maximum atomic E-state index is 12.5. The molecule has 0 amide bonds. The van der Waals surface area contributed by atoms with Crippen LogP contribution in [0.15, 0.2) is 60.7 Å². The Kier molecular flexibility index (Phi) is 4.98. The normalized spacial score (nSPS) is 10.9. The van der Waals surface area contributed by atoms with Crippen molar-refractivity contribution in [2.75, 3.05) is 6.61 Å². The Morgan fingerprint density at radius 2 is 1.33 bits per heavy atom. The summed E-state index contributed by atoms with van der Waals surface area (Å²) in [6.45, 7) is -0.795. The first-order valence-corrected chi connectivity index (χ1v) is 7.49. The minimum atomic E-state index is -4.10. The topological polar surface area (TPSA) is 82.1 Å². The van der Waals surface area contributed by atoms with Gasteiger partial charge in [-0.25, -0.2) is 9.36 Å². The zero-order chi connectivity index (χ0) is 15.1. The fourth-order valence-corrected chi connectivity index (χ4v) is 2.60. The number of para-hydroxylation sites is 2. The maximum Gasteiger partial charge on any atom is 0.588 e. The number of carbonyl (C=O) groups is 1. The zero-order valence-electron chi connectivity index (χ0n) is 10.9. The molecule has 0 atom stereocenters. The Balaban J connectivity index is 2.17. The van der Waals surface area contributed by atoms with Gasteiger partial charge in [0.15, 0.2) is 6.61 Å². The summed E-state index contributed by atoms with van der Waals surface area (Å²) in [5.41, 5.74) is 0. The predicted octanol–water partition coefficient (Wildman–Crippen LogP) is 3.35. The van der Waals surface area contributed by atoms with Crippen molar-refractivity contribution in [2.24, 2.45) is 0 Å². The molecule has 7 heteroatoms. The predicted molar refractivity (Wildman–Crippen MR) is 75.3 cm³/mol. The first-order chi connectivity index (χ1) is 10.1. The molecule has 0 fully saturated rings. The molecule has 110 valence electrons. The van der Waals surface area contributed by atoms with Crippen molar-refractivity contribution in [2.45, 2.75) is 0 Å². The van der Waals surface area contributed by atoms with Gasteiger partial charge in [0, 0.05) is 0 Å². The van der Waals surface area contributed by atoms with Gasteiger partial charge in [-0.1, -0.05) is 36.4 Å². The lowest BCUT2D eigenvalue weighted by Gasteiger charge is -2.18. The molecule has 6 nitrogen and oxygen atoms in total. The Hall–Kier alpha value is -2.30. The van der Waals surface area contributed by atoms with E-state index in [4.69, 9.17) is 18.7 Å². The van der Waals surface area contributed by atoms with Crippen molar-refractivity contribution >= 4 is 13.8 Å². The largest absolute Gasteiger partial charge is 0.588 e. The van der Waals surface area contributed by atoms with Crippen LogP contribution in [-0.2, 0) is 13.9 Å². The molecule has 2 aromatic rings. The maximum absolute atomic E-state index is 12.5. The molecule has 0 aliphatic heterocycles. The molecule has 0 unspecified atom stereocenters. The molecular formula is C14H13O6P. The highest BCUT2D eigenvalue weighted by Gasteiger charge is 2.31. The van der Waals surface area contributed by atoms with E-state index in [0.717, 1.165) is 0 Å². The second-order valence-corrected chi connectivity index (χ2v) is 5.44. The first-order valence-electron chi connectivity index (χ1n) is 6.03. The molecular weight excluding hydrogens is 295 g/mol. The molecule has 2 rings (SSSR count). The fourth-order valence-electron chi connectivity index (χ4n) is 1.43. The van der Waals surface area contributed by atoms with Gasteiger partial charge in [-0.15, -0.1) is 0 Å². The summed E-state index contributed by atoms with van der Waals surface area (Å²) < 4.78 is 27.7. The highest BCUT2D eigenvalue weighted by Crippen LogP contribution is 2.49. The minimum absolute atomic E-state index is 0.252. The molecule has 0 radical (unpaired) electrons. The van der Waals surface area contributed by atoms with E-state index >= 15 is 0 Å². The summed E-state index contributed by atoms with van der Waals surface area (Å²) >= 11 is 0. The van der Waals surface area contributed by atoms with Crippen molar-refractivity contribution in [3.63, 3.8) is 0 Å². The van der Waals surface area contributed by atoms with Crippen LogP contribution in [0, 0.1) is 0 Å². The van der Waals surface area contributed by atoms with Gasteiger partial charge in [0.05, 0.1) is 0 Å². The van der Waals surface area contributed by atoms with E-state index in [-0.39, 0.29) is 11.5 Å². The third kappa shape index (κ3) is 4.95. The van der Waals surface area contributed by atoms with Crippen molar-refractivity contribution in [3.8, 4) is 11.5 Å². The van der Waals surface area contributed by atoms with E-state index < -0.39 is 20.4 Å². The summed E-state index contributed by atoms with van der Waals surface area (Å²) in [6, 6.07) is 16.5. The van der Waals surface area contributed by atoms with Gasteiger partial charge < -0.3 is 14.2 Å². The summed E-state index contributed by atoms with van der Waals surface area (Å²) in [6.07, 6.45) is 0. The minimum Gasteiger partial charge on any atom is -0.480 e. The second kappa shape index (κ2) is 6.92. The number of rotatable bonds is 7. The van der Waals surface area contributed by atoms with Crippen LogP contribution < -0.4 is 9.05 Å². The molecule has 0 saturated carbocycles. The van der Waals surface area contributed by atoms with E-state index in [2.05, 4.69) is 0 Å². The number of carboxylic acids is 1. The molecule has 0 bridgehead atoms. The van der Waals surface area contributed by atoms with Gasteiger partial charge in [-0.05, 0) is 24.3 Å². The lowest BCUT2D eigenvalue weighted by atomic mass is 10.3. The second-order valence-electron chi connectivity index (χ2n) is 3.92. The Labute approximate surface area is 121 Å². The average molecular weight is 308 g/mol. The van der Waals surface area contributed by atoms with Crippen molar-refractivity contribution in [1.82, 2.24) is 0 Å². The Morgan fingerprint density at radius 3 is 1.71 bits per heavy atom. The molecule has 0 aromatic heterocycles. The van der Waals surface area contributed by atoms with Gasteiger partial charge in [-0.3, -0.25) is 4.52 Å². The van der Waals surface area contributed by atoms with Crippen LogP contribution in [0.2, 0.25) is 0 Å². The molecule has 2 aromatic carbocycles. The van der Waals surface area contributed by atoms with Gasteiger partial charge in [0.2, 0.25) is 0 Å². The quantitative estimate of drug-likeness (QED) is 0.790. The SMILES string of the molecule is O=C(O)COP(=O)(Oc1ccccc1)Oc1ccccc1. The summed E-state index contributed by atoms with van der Waals surface area (Å²) in [7, 11) is -4.10. The van der Waals surface area contributed by atoms with E-state index in [1.165, 1.54) is 0 Å². The van der Waals surface area contributed by atoms with Gasteiger partial charge in [0.25, 0.3) is 0 Å². The third-order valence-electron chi connectivity index (χ3n) is 2.27.